The maximum absolute atomic E-state index is 11.4. The Morgan fingerprint density at radius 3 is 2.76 bits per heavy atom. The van der Waals surface area contributed by atoms with E-state index >= 15 is 0 Å². The standard InChI is InChI=1S/C11H14N2O4/c1-8(14)6-7-11(15)12-9-4-2-3-5-10(9)13(16)17/h2-5,8,14H,6-7H2,1H3,(H,12,15). The highest BCUT2D eigenvalue weighted by molar-refractivity contribution is 5.92. The number of hydrogen-bond acceptors (Lipinski definition) is 4. The molecule has 0 aliphatic heterocycles. The van der Waals surface area contributed by atoms with Crippen molar-refractivity contribution in [1.29, 1.82) is 0 Å². The molecule has 0 bridgehead atoms. The number of amides is 1. The Kier molecular flexibility index (Phi) is 4.59. The first kappa shape index (κ1) is 13.1. The summed E-state index contributed by atoms with van der Waals surface area (Å²) in [4.78, 5) is 21.6. The van der Waals surface area contributed by atoms with Gasteiger partial charge in [-0.05, 0) is 19.4 Å². The van der Waals surface area contributed by atoms with Gasteiger partial charge in [-0.25, -0.2) is 0 Å². The normalized spacial score (nSPS) is 11.9. The minimum atomic E-state index is -0.563. The molecule has 6 heteroatoms. The van der Waals surface area contributed by atoms with Crippen LogP contribution in [0.3, 0.4) is 0 Å². The SMILES string of the molecule is CC(O)CCC(=O)Nc1ccccc1[N+](=O)[O-]. The lowest BCUT2D eigenvalue weighted by Crippen LogP contribution is -2.14. The summed E-state index contributed by atoms with van der Waals surface area (Å²) in [6.45, 7) is 1.58. The van der Waals surface area contributed by atoms with Crippen molar-refractivity contribution in [2.75, 3.05) is 5.32 Å². The number of anilines is 1. The number of benzene rings is 1. The molecule has 1 amide bonds. The van der Waals surface area contributed by atoms with E-state index in [4.69, 9.17) is 5.11 Å². The zero-order chi connectivity index (χ0) is 12.8. The van der Waals surface area contributed by atoms with Gasteiger partial charge in [0, 0.05) is 12.5 Å². The number of carbonyl (C=O) groups excluding carboxylic acids is 1. The molecule has 1 atom stereocenters. The number of aliphatic hydroxyl groups excluding tert-OH is 1. The van der Waals surface area contributed by atoms with E-state index < -0.39 is 11.0 Å². The first-order valence-corrected chi connectivity index (χ1v) is 5.22. The molecule has 0 spiro atoms. The molecule has 1 rings (SSSR count). The average molecular weight is 238 g/mol. The highest BCUT2D eigenvalue weighted by Crippen LogP contribution is 2.23. The molecule has 0 aliphatic carbocycles. The summed E-state index contributed by atoms with van der Waals surface area (Å²) in [6, 6.07) is 5.93. The summed E-state index contributed by atoms with van der Waals surface area (Å²) in [5.74, 6) is -0.347. The Labute approximate surface area is 98.4 Å². The molecule has 0 aromatic heterocycles. The van der Waals surface area contributed by atoms with E-state index in [0.717, 1.165) is 0 Å². The molecule has 0 heterocycles. The van der Waals surface area contributed by atoms with Crippen LogP contribution in [0.25, 0.3) is 0 Å². The fraction of sp³-hybridized carbons (Fsp3) is 0.364. The van der Waals surface area contributed by atoms with Crippen molar-refractivity contribution in [2.45, 2.75) is 25.9 Å². The smallest absolute Gasteiger partial charge is 0.292 e. The van der Waals surface area contributed by atoms with Crippen molar-refractivity contribution < 1.29 is 14.8 Å². The van der Waals surface area contributed by atoms with E-state index in [0.29, 0.717) is 6.42 Å². The van der Waals surface area contributed by atoms with Crippen LogP contribution < -0.4 is 5.32 Å². The summed E-state index contributed by atoms with van der Waals surface area (Å²) in [5.41, 5.74) is 0.0333. The van der Waals surface area contributed by atoms with Crippen LogP contribution in [0.5, 0.6) is 0 Å². The largest absolute Gasteiger partial charge is 0.393 e. The van der Waals surface area contributed by atoms with E-state index in [1.165, 1.54) is 18.2 Å². The predicted octanol–water partition coefficient (Wildman–Crippen LogP) is 1.69. The van der Waals surface area contributed by atoms with Crippen LogP contribution in [0.1, 0.15) is 19.8 Å². The van der Waals surface area contributed by atoms with Gasteiger partial charge in [0.25, 0.3) is 5.69 Å². The number of aliphatic hydroxyl groups is 1. The van der Waals surface area contributed by atoms with Gasteiger partial charge in [0.15, 0.2) is 0 Å². The maximum Gasteiger partial charge on any atom is 0.292 e. The first-order chi connectivity index (χ1) is 8.00. The lowest BCUT2D eigenvalue weighted by molar-refractivity contribution is -0.383. The minimum Gasteiger partial charge on any atom is -0.393 e. The molecule has 17 heavy (non-hydrogen) atoms. The summed E-state index contributed by atoms with van der Waals surface area (Å²) in [5, 5.41) is 22.2. The van der Waals surface area contributed by atoms with Crippen molar-refractivity contribution >= 4 is 17.3 Å². The van der Waals surface area contributed by atoms with Crippen LogP contribution in [0.2, 0.25) is 0 Å². The predicted molar refractivity (Wildman–Crippen MR) is 62.6 cm³/mol. The monoisotopic (exact) mass is 238 g/mol. The summed E-state index contributed by atoms with van der Waals surface area (Å²) < 4.78 is 0. The van der Waals surface area contributed by atoms with Crippen LogP contribution in [-0.2, 0) is 4.79 Å². The third-order valence-corrected chi connectivity index (χ3v) is 2.16. The molecule has 2 N–H and O–H groups in total. The Hall–Kier alpha value is -1.95. The van der Waals surface area contributed by atoms with Crippen molar-refractivity contribution in [2.24, 2.45) is 0 Å². The van der Waals surface area contributed by atoms with E-state index in [1.54, 1.807) is 13.0 Å². The van der Waals surface area contributed by atoms with Gasteiger partial charge in [0.05, 0.1) is 11.0 Å². The zero-order valence-electron chi connectivity index (χ0n) is 9.42. The summed E-state index contributed by atoms with van der Waals surface area (Å²) >= 11 is 0. The van der Waals surface area contributed by atoms with Gasteiger partial charge >= 0.3 is 0 Å². The van der Waals surface area contributed by atoms with Gasteiger partial charge in [-0.3, -0.25) is 14.9 Å². The Morgan fingerprint density at radius 2 is 2.18 bits per heavy atom. The molecular formula is C11H14N2O4. The third-order valence-electron chi connectivity index (χ3n) is 2.16. The molecule has 0 fully saturated rings. The second kappa shape index (κ2) is 5.95. The van der Waals surface area contributed by atoms with Gasteiger partial charge in [-0.2, -0.15) is 0 Å². The van der Waals surface area contributed by atoms with Crippen LogP contribution in [0.4, 0.5) is 11.4 Å². The number of carbonyl (C=O) groups is 1. The topological polar surface area (TPSA) is 92.5 Å². The number of nitro groups is 1. The summed E-state index contributed by atoms with van der Waals surface area (Å²) in [6.07, 6.45) is -0.109. The Bertz CT molecular complexity index is 418. The van der Waals surface area contributed by atoms with Crippen LogP contribution >= 0.6 is 0 Å². The maximum atomic E-state index is 11.4. The van der Waals surface area contributed by atoms with Crippen LogP contribution in [-0.4, -0.2) is 22.0 Å². The number of rotatable bonds is 5. The molecule has 0 radical (unpaired) electrons. The molecule has 92 valence electrons. The van der Waals surface area contributed by atoms with E-state index in [9.17, 15) is 14.9 Å². The Balaban J connectivity index is 2.68. The highest BCUT2D eigenvalue weighted by Gasteiger charge is 2.14. The molecule has 6 nitrogen and oxygen atoms in total. The molecule has 1 aromatic carbocycles. The van der Waals surface area contributed by atoms with Gasteiger partial charge in [-0.15, -0.1) is 0 Å². The minimum absolute atomic E-state index is 0.129. The highest BCUT2D eigenvalue weighted by atomic mass is 16.6. The Morgan fingerprint density at radius 1 is 1.53 bits per heavy atom. The number of nitro benzene ring substituents is 1. The number of para-hydroxylation sites is 2. The number of nitrogens with zero attached hydrogens (tertiary/aromatic N) is 1. The van der Waals surface area contributed by atoms with Crippen molar-refractivity contribution in [3.8, 4) is 0 Å². The molecule has 0 saturated carbocycles. The lowest BCUT2D eigenvalue weighted by atomic mass is 10.2. The second-order valence-electron chi connectivity index (χ2n) is 3.71. The second-order valence-corrected chi connectivity index (χ2v) is 3.71. The van der Waals surface area contributed by atoms with Crippen molar-refractivity contribution in [3.05, 3.63) is 34.4 Å². The van der Waals surface area contributed by atoms with E-state index in [2.05, 4.69) is 5.32 Å². The molecule has 1 unspecified atom stereocenters. The molecular weight excluding hydrogens is 224 g/mol. The van der Waals surface area contributed by atoms with Crippen molar-refractivity contribution in [1.82, 2.24) is 0 Å². The lowest BCUT2D eigenvalue weighted by Gasteiger charge is -2.06. The van der Waals surface area contributed by atoms with E-state index in [1.807, 2.05) is 0 Å². The zero-order valence-corrected chi connectivity index (χ0v) is 9.42. The van der Waals surface area contributed by atoms with Crippen LogP contribution in [0.15, 0.2) is 24.3 Å². The van der Waals surface area contributed by atoms with Gasteiger partial charge in [0.2, 0.25) is 5.91 Å². The number of hydrogen-bond donors (Lipinski definition) is 2. The van der Waals surface area contributed by atoms with Gasteiger partial charge in [0.1, 0.15) is 5.69 Å². The summed E-state index contributed by atoms with van der Waals surface area (Å²) in [7, 11) is 0. The van der Waals surface area contributed by atoms with Gasteiger partial charge in [-0.1, -0.05) is 12.1 Å². The molecule has 0 saturated heterocycles. The molecule has 0 aliphatic rings. The van der Waals surface area contributed by atoms with Crippen LogP contribution in [0, 0.1) is 10.1 Å². The quantitative estimate of drug-likeness (QED) is 0.603. The fourth-order valence-electron chi connectivity index (χ4n) is 1.29. The van der Waals surface area contributed by atoms with Crippen molar-refractivity contribution in [3.63, 3.8) is 0 Å². The first-order valence-electron chi connectivity index (χ1n) is 5.22. The van der Waals surface area contributed by atoms with Gasteiger partial charge < -0.3 is 10.4 Å². The fourth-order valence-corrected chi connectivity index (χ4v) is 1.29. The third kappa shape index (κ3) is 4.20. The average Bonchev–Trinajstić information content (AvgIpc) is 2.27. The van der Waals surface area contributed by atoms with E-state index in [-0.39, 0.29) is 23.7 Å². The molecule has 1 aromatic rings. The number of nitrogens with one attached hydrogen (secondary N) is 1.